The van der Waals surface area contributed by atoms with E-state index in [2.05, 4.69) is 10.2 Å². The van der Waals surface area contributed by atoms with Crippen LogP contribution in [0.4, 0.5) is 0 Å². The van der Waals surface area contributed by atoms with E-state index < -0.39 is 0 Å². The number of halogens is 1. The highest BCUT2D eigenvalue weighted by Gasteiger charge is 2.27. The highest BCUT2D eigenvalue weighted by atomic mass is 35.5. The molecule has 0 radical (unpaired) electrons. The molecule has 2 fully saturated rings. The Bertz CT molecular complexity index is 639. The molecule has 156 valence electrons. The Balaban J connectivity index is 1.47. The van der Waals surface area contributed by atoms with Crippen LogP contribution in [0.15, 0.2) is 18.2 Å². The molecular formula is C22H34ClN3O2. The number of piperidine rings is 1. The standard InChI is InChI=1S/C22H34ClN3O2/c1-25(2)15-12-24-22(27)17-8-9-21(20(23)16-17)28-19-10-13-26(14-11-19)18-6-4-3-5-7-18/h8-9,16,18-19H,3-7,10-15H2,1-2H3,(H,24,27). The average Bonchev–Trinajstić information content (AvgIpc) is 2.70. The summed E-state index contributed by atoms with van der Waals surface area (Å²) >= 11 is 6.40. The first-order valence-corrected chi connectivity index (χ1v) is 11.0. The molecule has 28 heavy (non-hydrogen) atoms. The van der Waals surface area contributed by atoms with Gasteiger partial charge >= 0.3 is 0 Å². The Kier molecular flexibility index (Phi) is 8.00. The second-order valence-electron chi connectivity index (χ2n) is 8.35. The highest BCUT2D eigenvalue weighted by Crippen LogP contribution is 2.30. The van der Waals surface area contributed by atoms with Crippen molar-refractivity contribution in [2.75, 3.05) is 40.3 Å². The van der Waals surface area contributed by atoms with Gasteiger partial charge in [-0.05, 0) is 58.0 Å². The average molecular weight is 408 g/mol. The monoisotopic (exact) mass is 407 g/mol. The molecule has 6 heteroatoms. The molecule has 2 aliphatic rings. The van der Waals surface area contributed by atoms with Crippen molar-refractivity contribution < 1.29 is 9.53 Å². The summed E-state index contributed by atoms with van der Waals surface area (Å²) in [5, 5.41) is 3.42. The van der Waals surface area contributed by atoms with E-state index in [-0.39, 0.29) is 12.0 Å². The molecule has 1 aliphatic carbocycles. The second-order valence-corrected chi connectivity index (χ2v) is 8.76. The summed E-state index contributed by atoms with van der Waals surface area (Å²) in [4.78, 5) is 16.9. The maximum absolute atomic E-state index is 12.2. The smallest absolute Gasteiger partial charge is 0.251 e. The summed E-state index contributed by atoms with van der Waals surface area (Å²) in [6.07, 6.45) is 9.16. The molecule has 1 amide bonds. The predicted molar refractivity (Wildman–Crippen MR) is 114 cm³/mol. The predicted octanol–water partition coefficient (Wildman–Crippen LogP) is 3.81. The fourth-order valence-electron chi connectivity index (χ4n) is 4.22. The van der Waals surface area contributed by atoms with Gasteiger partial charge in [-0.25, -0.2) is 0 Å². The van der Waals surface area contributed by atoms with Crippen LogP contribution in [-0.4, -0.2) is 68.1 Å². The van der Waals surface area contributed by atoms with Crippen LogP contribution in [0, 0.1) is 0 Å². The SMILES string of the molecule is CN(C)CCNC(=O)c1ccc(OC2CCN(C3CCCCC3)CC2)c(Cl)c1. The van der Waals surface area contributed by atoms with E-state index in [1.54, 1.807) is 12.1 Å². The zero-order chi connectivity index (χ0) is 19.9. The zero-order valence-corrected chi connectivity index (χ0v) is 18.0. The van der Waals surface area contributed by atoms with Crippen LogP contribution < -0.4 is 10.1 Å². The normalized spacial score (nSPS) is 19.7. The van der Waals surface area contributed by atoms with Gasteiger partial charge in [-0.15, -0.1) is 0 Å². The fourth-order valence-corrected chi connectivity index (χ4v) is 4.44. The van der Waals surface area contributed by atoms with E-state index in [4.69, 9.17) is 16.3 Å². The van der Waals surface area contributed by atoms with Crippen LogP contribution in [0.3, 0.4) is 0 Å². The molecule has 0 aromatic heterocycles. The van der Waals surface area contributed by atoms with Crippen LogP contribution in [-0.2, 0) is 0 Å². The number of ether oxygens (including phenoxy) is 1. The van der Waals surface area contributed by atoms with Crippen molar-refractivity contribution in [3.8, 4) is 5.75 Å². The summed E-state index contributed by atoms with van der Waals surface area (Å²) in [5.41, 5.74) is 0.572. The summed E-state index contributed by atoms with van der Waals surface area (Å²) in [6, 6.07) is 6.11. The van der Waals surface area contributed by atoms with Gasteiger partial charge in [0, 0.05) is 37.8 Å². The maximum atomic E-state index is 12.2. The molecule has 1 aromatic carbocycles. The van der Waals surface area contributed by atoms with Crippen molar-refractivity contribution in [2.24, 2.45) is 0 Å². The van der Waals surface area contributed by atoms with Crippen molar-refractivity contribution in [1.82, 2.24) is 15.1 Å². The topological polar surface area (TPSA) is 44.8 Å². The molecule has 3 rings (SSSR count). The Hall–Kier alpha value is -1.30. The minimum absolute atomic E-state index is 0.101. The lowest BCUT2D eigenvalue weighted by Gasteiger charge is -2.39. The van der Waals surface area contributed by atoms with Gasteiger partial charge in [-0.2, -0.15) is 0 Å². The molecule has 0 atom stereocenters. The maximum Gasteiger partial charge on any atom is 0.251 e. The summed E-state index contributed by atoms with van der Waals surface area (Å²) in [7, 11) is 3.96. The molecular weight excluding hydrogens is 374 g/mol. The first-order chi connectivity index (χ1) is 13.5. The van der Waals surface area contributed by atoms with Crippen molar-refractivity contribution in [2.45, 2.75) is 57.1 Å². The summed E-state index contributed by atoms with van der Waals surface area (Å²) < 4.78 is 6.17. The van der Waals surface area contributed by atoms with E-state index in [0.717, 1.165) is 38.5 Å². The third-order valence-electron chi connectivity index (χ3n) is 5.90. The molecule has 0 unspecified atom stereocenters. The minimum Gasteiger partial charge on any atom is -0.489 e. The van der Waals surface area contributed by atoms with Gasteiger partial charge < -0.3 is 19.9 Å². The number of benzene rings is 1. The quantitative estimate of drug-likeness (QED) is 0.746. The molecule has 1 N–H and O–H groups in total. The number of hydrogen-bond donors (Lipinski definition) is 1. The van der Waals surface area contributed by atoms with Gasteiger partial charge in [0.25, 0.3) is 5.91 Å². The first kappa shape index (κ1) is 21.4. The van der Waals surface area contributed by atoms with E-state index in [1.165, 1.54) is 32.1 Å². The molecule has 1 saturated heterocycles. The van der Waals surface area contributed by atoms with Gasteiger partial charge in [-0.3, -0.25) is 4.79 Å². The van der Waals surface area contributed by atoms with Gasteiger partial charge in [0.05, 0.1) is 5.02 Å². The number of nitrogens with one attached hydrogen (secondary N) is 1. The lowest BCUT2D eigenvalue weighted by molar-refractivity contribution is 0.0631. The minimum atomic E-state index is -0.101. The lowest BCUT2D eigenvalue weighted by Crippen LogP contribution is -2.44. The van der Waals surface area contributed by atoms with Gasteiger partial charge in [0.2, 0.25) is 0 Å². The molecule has 0 spiro atoms. The van der Waals surface area contributed by atoms with Crippen LogP contribution in [0.1, 0.15) is 55.3 Å². The van der Waals surface area contributed by atoms with E-state index in [9.17, 15) is 4.79 Å². The fraction of sp³-hybridized carbons (Fsp3) is 0.682. The third-order valence-corrected chi connectivity index (χ3v) is 6.20. The highest BCUT2D eigenvalue weighted by molar-refractivity contribution is 6.32. The molecule has 5 nitrogen and oxygen atoms in total. The lowest BCUT2D eigenvalue weighted by atomic mass is 9.92. The van der Waals surface area contributed by atoms with Gasteiger partial charge in [0.1, 0.15) is 11.9 Å². The van der Waals surface area contributed by atoms with Crippen molar-refractivity contribution >= 4 is 17.5 Å². The van der Waals surface area contributed by atoms with Crippen LogP contribution >= 0.6 is 11.6 Å². The first-order valence-electron chi connectivity index (χ1n) is 10.7. The largest absolute Gasteiger partial charge is 0.489 e. The number of carbonyl (C=O) groups excluding carboxylic acids is 1. The number of rotatable bonds is 7. The second kappa shape index (κ2) is 10.5. The van der Waals surface area contributed by atoms with Crippen LogP contribution in [0.5, 0.6) is 5.75 Å². The van der Waals surface area contributed by atoms with Gasteiger partial charge in [0.15, 0.2) is 0 Å². The number of carbonyl (C=O) groups is 1. The number of nitrogens with zero attached hydrogens (tertiary/aromatic N) is 2. The Morgan fingerprint density at radius 1 is 1.18 bits per heavy atom. The molecule has 1 aromatic rings. The Labute approximate surface area is 174 Å². The van der Waals surface area contributed by atoms with Crippen molar-refractivity contribution in [3.05, 3.63) is 28.8 Å². The molecule has 1 heterocycles. The van der Waals surface area contributed by atoms with Gasteiger partial charge in [-0.1, -0.05) is 30.9 Å². The van der Waals surface area contributed by atoms with Crippen LogP contribution in [0.2, 0.25) is 5.02 Å². The Morgan fingerprint density at radius 2 is 1.89 bits per heavy atom. The van der Waals surface area contributed by atoms with E-state index in [1.807, 2.05) is 25.1 Å². The Morgan fingerprint density at radius 3 is 2.54 bits per heavy atom. The van der Waals surface area contributed by atoms with Crippen LogP contribution in [0.25, 0.3) is 0 Å². The number of likely N-dealkylation sites (tertiary alicyclic amines) is 1. The molecule has 1 aliphatic heterocycles. The van der Waals surface area contributed by atoms with Crippen molar-refractivity contribution in [3.63, 3.8) is 0 Å². The van der Waals surface area contributed by atoms with E-state index in [0.29, 0.717) is 22.9 Å². The summed E-state index contributed by atoms with van der Waals surface area (Å²) in [5.74, 6) is 0.582. The van der Waals surface area contributed by atoms with E-state index >= 15 is 0 Å². The molecule has 0 bridgehead atoms. The summed E-state index contributed by atoms with van der Waals surface area (Å²) in [6.45, 7) is 3.64. The van der Waals surface area contributed by atoms with Crippen molar-refractivity contribution in [1.29, 1.82) is 0 Å². The number of amides is 1. The third kappa shape index (κ3) is 6.10. The zero-order valence-electron chi connectivity index (χ0n) is 17.3. The number of hydrogen-bond acceptors (Lipinski definition) is 4. The number of likely N-dealkylation sites (N-methyl/N-ethyl adjacent to an activating group) is 1. The molecule has 1 saturated carbocycles.